The molecule has 5 heteroatoms. The molecule has 0 unspecified atom stereocenters. The van der Waals surface area contributed by atoms with Gasteiger partial charge in [-0.2, -0.15) is 0 Å². The van der Waals surface area contributed by atoms with Crippen LogP contribution in [0.25, 0.3) is 10.9 Å². The van der Waals surface area contributed by atoms with E-state index in [1.54, 1.807) is 16.3 Å². The number of aliphatic hydroxyl groups excluding tert-OH is 1. The first kappa shape index (κ1) is 16.7. The van der Waals surface area contributed by atoms with E-state index in [9.17, 15) is 4.79 Å². The number of rotatable bonds is 6. The lowest BCUT2D eigenvalue weighted by Gasteiger charge is -2.12. The Kier molecular flexibility index (Phi) is 5.33. The topological polar surface area (TPSA) is 55.1 Å². The van der Waals surface area contributed by atoms with Gasteiger partial charge in [-0.1, -0.05) is 55.1 Å². The lowest BCUT2D eigenvalue weighted by atomic mass is 10.2. The summed E-state index contributed by atoms with van der Waals surface area (Å²) in [5.74, 6) is 0.736. The van der Waals surface area contributed by atoms with E-state index in [2.05, 4.69) is 11.9 Å². The molecule has 0 saturated heterocycles. The third kappa shape index (κ3) is 3.52. The fourth-order valence-electron chi connectivity index (χ4n) is 2.57. The van der Waals surface area contributed by atoms with Crippen LogP contribution in [0, 0.1) is 0 Å². The van der Waals surface area contributed by atoms with Gasteiger partial charge in [-0.15, -0.1) is 0 Å². The highest BCUT2D eigenvalue weighted by Gasteiger charge is 2.11. The minimum atomic E-state index is 0.0283. The summed E-state index contributed by atoms with van der Waals surface area (Å²) in [6.45, 7) is 2.78. The molecule has 1 heterocycles. The minimum absolute atomic E-state index is 0.0283. The minimum Gasteiger partial charge on any atom is -0.392 e. The van der Waals surface area contributed by atoms with Crippen LogP contribution in [0.1, 0.15) is 24.5 Å². The molecule has 0 aliphatic rings. The summed E-state index contributed by atoms with van der Waals surface area (Å²) in [5.41, 5.74) is 2.81. The van der Waals surface area contributed by atoms with E-state index in [4.69, 9.17) is 5.11 Å². The van der Waals surface area contributed by atoms with Crippen LogP contribution >= 0.6 is 11.8 Å². The second kappa shape index (κ2) is 7.64. The fraction of sp³-hybridized carbons (Fsp3) is 0.263. The summed E-state index contributed by atoms with van der Waals surface area (Å²) in [7, 11) is 0. The van der Waals surface area contributed by atoms with Gasteiger partial charge in [0.25, 0.3) is 5.56 Å². The van der Waals surface area contributed by atoms with E-state index in [0.717, 1.165) is 34.0 Å². The van der Waals surface area contributed by atoms with Crippen molar-refractivity contribution in [2.24, 2.45) is 0 Å². The molecule has 1 aromatic heterocycles. The number of para-hydroxylation sites is 1. The zero-order chi connectivity index (χ0) is 16.9. The summed E-state index contributed by atoms with van der Waals surface area (Å²) in [5, 5.41) is 10.5. The van der Waals surface area contributed by atoms with Gasteiger partial charge in [0.2, 0.25) is 0 Å². The first-order chi connectivity index (χ1) is 11.7. The Morgan fingerprint density at radius 2 is 1.79 bits per heavy atom. The summed E-state index contributed by atoms with van der Waals surface area (Å²) < 4.78 is 1.77. The Balaban J connectivity index is 1.92. The average molecular weight is 340 g/mol. The van der Waals surface area contributed by atoms with E-state index < -0.39 is 0 Å². The molecule has 0 aliphatic carbocycles. The van der Waals surface area contributed by atoms with Crippen LogP contribution in [-0.2, 0) is 18.9 Å². The average Bonchev–Trinajstić information content (AvgIpc) is 2.63. The number of thioether (sulfide) groups is 1. The van der Waals surface area contributed by atoms with Gasteiger partial charge < -0.3 is 5.11 Å². The zero-order valence-corrected chi connectivity index (χ0v) is 14.4. The number of nitrogens with zero attached hydrogens (tertiary/aromatic N) is 2. The molecule has 0 fully saturated rings. The molecule has 0 spiro atoms. The van der Waals surface area contributed by atoms with Gasteiger partial charge >= 0.3 is 0 Å². The fourth-order valence-corrected chi connectivity index (χ4v) is 3.55. The number of hydrogen-bond donors (Lipinski definition) is 1. The summed E-state index contributed by atoms with van der Waals surface area (Å²) in [4.78, 5) is 17.4. The number of aliphatic hydroxyl groups is 1. The van der Waals surface area contributed by atoms with Crippen molar-refractivity contribution >= 4 is 22.7 Å². The van der Waals surface area contributed by atoms with Crippen molar-refractivity contribution in [1.82, 2.24) is 9.55 Å². The van der Waals surface area contributed by atoms with Gasteiger partial charge in [0.15, 0.2) is 5.16 Å². The summed E-state index contributed by atoms with van der Waals surface area (Å²) >= 11 is 1.57. The maximum absolute atomic E-state index is 12.7. The maximum Gasteiger partial charge on any atom is 0.262 e. The van der Waals surface area contributed by atoms with Gasteiger partial charge in [-0.05, 0) is 29.7 Å². The van der Waals surface area contributed by atoms with Crippen molar-refractivity contribution in [3.63, 3.8) is 0 Å². The van der Waals surface area contributed by atoms with E-state index in [0.29, 0.717) is 11.9 Å². The summed E-state index contributed by atoms with van der Waals surface area (Å²) in [6, 6.07) is 15.3. The SMILES string of the molecule is CCCn1c(SCc2ccc(CO)cc2)nc2ccccc2c1=O. The molecule has 3 aromatic rings. The van der Waals surface area contributed by atoms with Crippen LogP contribution in [0.5, 0.6) is 0 Å². The standard InChI is InChI=1S/C19H20N2O2S/c1-2-11-21-18(23)16-5-3-4-6-17(16)20-19(21)24-13-15-9-7-14(12-22)8-10-15/h3-10,22H,2,11-13H2,1H3. The number of aromatic nitrogens is 2. The van der Waals surface area contributed by atoms with Crippen molar-refractivity contribution in [3.05, 3.63) is 70.0 Å². The maximum atomic E-state index is 12.7. The van der Waals surface area contributed by atoms with Crippen LogP contribution in [0.2, 0.25) is 0 Å². The first-order valence-corrected chi connectivity index (χ1v) is 9.02. The molecule has 0 amide bonds. The molecule has 4 nitrogen and oxygen atoms in total. The summed E-state index contributed by atoms with van der Waals surface area (Å²) in [6.07, 6.45) is 0.888. The predicted octanol–water partition coefficient (Wildman–Crippen LogP) is 3.59. The van der Waals surface area contributed by atoms with Crippen LogP contribution in [0.3, 0.4) is 0 Å². The van der Waals surface area contributed by atoms with Gasteiger partial charge in [-0.25, -0.2) is 4.98 Å². The zero-order valence-electron chi connectivity index (χ0n) is 13.6. The van der Waals surface area contributed by atoms with Crippen LogP contribution < -0.4 is 5.56 Å². The highest BCUT2D eigenvalue weighted by molar-refractivity contribution is 7.98. The van der Waals surface area contributed by atoms with Crippen LogP contribution in [-0.4, -0.2) is 14.7 Å². The number of hydrogen-bond acceptors (Lipinski definition) is 4. The van der Waals surface area contributed by atoms with E-state index >= 15 is 0 Å². The number of benzene rings is 2. The quantitative estimate of drug-likeness (QED) is 0.550. The Morgan fingerprint density at radius 1 is 1.08 bits per heavy atom. The lowest BCUT2D eigenvalue weighted by Crippen LogP contribution is -2.23. The Labute approximate surface area is 145 Å². The smallest absolute Gasteiger partial charge is 0.262 e. The Hall–Kier alpha value is -2.11. The van der Waals surface area contributed by atoms with E-state index in [1.165, 1.54) is 0 Å². The van der Waals surface area contributed by atoms with Crippen LogP contribution in [0.15, 0.2) is 58.5 Å². The molecular formula is C19H20N2O2S. The van der Waals surface area contributed by atoms with Gasteiger partial charge in [0, 0.05) is 12.3 Å². The second-order valence-corrected chi connectivity index (χ2v) is 6.57. The molecule has 24 heavy (non-hydrogen) atoms. The predicted molar refractivity (Wildman–Crippen MR) is 98.2 cm³/mol. The largest absolute Gasteiger partial charge is 0.392 e. The number of fused-ring (bicyclic) bond motifs is 1. The molecule has 3 rings (SSSR count). The molecule has 0 bridgehead atoms. The van der Waals surface area contributed by atoms with Crippen molar-refractivity contribution in [3.8, 4) is 0 Å². The first-order valence-electron chi connectivity index (χ1n) is 8.04. The molecular weight excluding hydrogens is 320 g/mol. The lowest BCUT2D eigenvalue weighted by molar-refractivity contribution is 0.282. The Bertz CT molecular complexity index is 888. The normalized spacial score (nSPS) is 11.1. The van der Waals surface area contributed by atoms with Gasteiger partial charge in [0.1, 0.15) is 0 Å². The highest BCUT2D eigenvalue weighted by Crippen LogP contribution is 2.22. The monoisotopic (exact) mass is 340 g/mol. The molecule has 0 radical (unpaired) electrons. The third-order valence-corrected chi connectivity index (χ3v) is 4.89. The molecule has 1 N–H and O–H groups in total. The molecule has 0 saturated carbocycles. The van der Waals surface area contributed by atoms with Crippen molar-refractivity contribution in [1.29, 1.82) is 0 Å². The molecule has 124 valence electrons. The molecule has 2 aromatic carbocycles. The van der Waals surface area contributed by atoms with Crippen molar-refractivity contribution in [2.45, 2.75) is 37.4 Å². The second-order valence-electron chi connectivity index (χ2n) is 5.63. The van der Waals surface area contributed by atoms with E-state index in [-0.39, 0.29) is 12.2 Å². The molecule has 0 atom stereocenters. The highest BCUT2D eigenvalue weighted by atomic mass is 32.2. The van der Waals surface area contributed by atoms with Gasteiger partial charge in [0.05, 0.1) is 17.5 Å². The van der Waals surface area contributed by atoms with Gasteiger partial charge in [-0.3, -0.25) is 9.36 Å². The van der Waals surface area contributed by atoms with Crippen molar-refractivity contribution in [2.75, 3.05) is 0 Å². The Morgan fingerprint density at radius 3 is 2.50 bits per heavy atom. The van der Waals surface area contributed by atoms with E-state index in [1.807, 2.05) is 48.5 Å². The van der Waals surface area contributed by atoms with Crippen LogP contribution in [0.4, 0.5) is 0 Å². The van der Waals surface area contributed by atoms with Crippen molar-refractivity contribution < 1.29 is 5.11 Å². The molecule has 0 aliphatic heterocycles. The third-order valence-electron chi connectivity index (χ3n) is 3.85.